The molecule has 0 saturated carbocycles. The summed E-state index contributed by atoms with van der Waals surface area (Å²) in [5.41, 5.74) is 0.000462. The standard InChI is InChI=1S/C12H16N2O4/c1-3-8-13-12(15)9-6-5-7-10(14(16)17)11(9)18-4-2/h5-7H,3-4,8H2,1-2H3,(H,13,15). The quantitative estimate of drug-likeness (QED) is 0.621. The Balaban J connectivity index is 3.13. The molecule has 0 spiro atoms. The molecule has 1 N–H and O–H groups in total. The number of amides is 1. The largest absolute Gasteiger partial charge is 0.487 e. The van der Waals surface area contributed by atoms with Crippen LogP contribution in [0.15, 0.2) is 18.2 Å². The Morgan fingerprint density at radius 2 is 2.17 bits per heavy atom. The molecule has 0 atom stereocenters. The number of nitro groups is 1. The minimum atomic E-state index is -0.554. The van der Waals surface area contributed by atoms with Crippen LogP contribution in [0, 0.1) is 10.1 Å². The van der Waals surface area contributed by atoms with Crippen molar-refractivity contribution in [3.8, 4) is 5.75 Å². The Morgan fingerprint density at radius 3 is 2.72 bits per heavy atom. The van der Waals surface area contributed by atoms with E-state index in [-0.39, 0.29) is 29.5 Å². The maximum absolute atomic E-state index is 11.9. The fourth-order valence-electron chi connectivity index (χ4n) is 1.48. The number of carbonyl (C=O) groups excluding carboxylic acids is 1. The van der Waals surface area contributed by atoms with Gasteiger partial charge in [-0.15, -0.1) is 0 Å². The van der Waals surface area contributed by atoms with Gasteiger partial charge in [-0.1, -0.05) is 13.0 Å². The Hall–Kier alpha value is -2.11. The summed E-state index contributed by atoms with van der Waals surface area (Å²) in [5.74, 6) is -0.331. The SMILES string of the molecule is CCCNC(=O)c1cccc([N+](=O)[O-])c1OCC. The molecule has 1 aromatic carbocycles. The van der Waals surface area contributed by atoms with E-state index in [2.05, 4.69) is 5.32 Å². The van der Waals surface area contributed by atoms with E-state index >= 15 is 0 Å². The number of hydrogen-bond acceptors (Lipinski definition) is 4. The molecule has 0 aliphatic heterocycles. The summed E-state index contributed by atoms with van der Waals surface area (Å²) in [6.07, 6.45) is 0.796. The monoisotopic (exact) mass is 252 g/mol. The van der Waals surface area contributed by atoms with Crippen LogP contribution in [0.3, 0.4) is 0 Å². The van der Waals surface area contributed by atoms with Crippen LogP contribution in [0.25, 0.3) is 0 Å². The lowest BCUT2D eigenvalue weighted by atomic mass is 10.1. The highest BCUT2D eigenvalue weighted by Crippen LogP contribution is 2.30. The van der Waals surface area contributed by atoms with Gasteiger partial charge in [-0.05, 0) is 19.4 Å². The number of nitrogens with one attached hydrogen (secondary N) is 1. The predicted octanol–water partition coefficient (Wildman–Crippen LogP) is 2.13. The van der Waals surface area contributed by atoms with Crippen molar-refractivity contribution in [2.45, 2.75) is 20.3 Å². The van der Waals surface area contributed by atoms with Crippen LogP contribution in [0.1, 0.15) is 30.6 Å². The van der Waals surface area contributed by atoms with Gasteiger partial charge >= 0.3 is 5.69 Å². The molecule has 0 heterocycles. The van der Waals surface area contributed by atoms with E-state index in [0.717, 1.165) is 6.42 Å². The van der Waals surface area contributed by atoms with Crippen LogP contribution in [0.5, 0.6) is 5.75 Å². The van der Waals surface area contributed by atoms with E-state index < -0.39 is 4.92 Å². The lowest BCUT2D eigenvalue weighted by molar-refractivity contribution is -0.385. The van der Waals surface area contributed by atoms with Crippen molar-refractivity contribution in [3.63, 3.8) is 0 Å². The topological polar surface area (TPSA) is 81.5 Å². The van der Waals surface area contributed by atoms with Gasteiger partial charge < -0.3 is 10.1 Å². The van der Waals surface area contributed by atoms with E-state index in [0.29, 0.717) is 6.54 Å². The molecule has 1 aromatic rings. The summed E-state index contributed by atoms with van der Waals surface area (Å²) < 4.78 is 5.23. The number of carbonyl (C=O) groups is 1. The van der Waals surface area contributed by atoms with Crippen molar-refractivity contribution in [1.29, 1.82) is 0 Å². The number of ether oxygens (including phenoxy) is 1. The Labute approximate surface area is 105 Å². The minimum Gasteiger partial charge on any atom is -0.487 e. The Bertz CT molecular complexity index is 446. The van der Waals surface area contributed by atoms with Gasteiger partial charge in [0.15, 0.2) is 0 Å². The molecule has 6 nitrogen and oxygen atoms in total. The van der Waals surface area contributed by atoms with Crippen LogP contribution < -0.4 is 10.1 Å². The van der Waals surface area contributed by atoms with Crippen molar-refractivity contribution in [1.82, 2.24) is 5.32 Å². The van der Waals surface area contributed by atoms with Crippen LogP contribution in [0.4, 0.5) is 5.69 Å². The van der Waals surface area contributed by atoms with Gasteiger partial charge in [-0.25, -0.2) is 0 Å². The molecule has 98 valence electrons. The molecular formula is C12H16N2O4. The third kappa shape index (κ3) is 3.19. The number of rotatable bonds is 6. The van der Waals surface area contributed by atoms with Crippen molar-refractivity contribution in [2.24, 2.45) is 0 Å². The third-order valence-corrected chi connectivity index (χ3v) is 2.26. The maximum atomic E-state index is 11.9. The van der Waals surface area contributed by atoms with Gasteiger partial charge in [0.1, 0.15) is 0 Å². The molecule has 18 heavy (non-hydrogen) atoms. The first-order chi connectivity index (χ1) is 8.61. The van der Waals surface area contributed by atoms with Crippen LogP contribution >= 0.6 is 0 Å². The van der Waals surface area contributed by atoms with Gasteiger partial charge in [0.2, 0.25) is 5.75 Å². The molecule has 6 heteroatoms. The van der Waals surface area contributed by atoms with E-state index in [9.17, 15) is 14.9 Å². The Morgan fingerprint density at radius 1 is 1.44 bits per heavy atom. The van der Waals surface area contributed by atoms with Gasteiger partial charge in [0.25, 0.3) is 5.91 Å². The molecule has 0 unspecified atom stereocenters. The molecule has 0 bridgehead atoms. The molecule has 0 saturated heterocycles. The van der Waals surface area contributed by atoms with E-state index in [1.807, 2.05) is 6.92 Å². The lowest BCUT2D eigenvalue weighted by Crippen LogP contribution is -2.24. The second-order valence-corrected chi connectivity index (χ2v) is 3.60. The highest BCUT2D eigenvalue weighted by atomic mass is 16.6. The van der Waals surface area contributed by atoms with E-state index in [1.54, 1.807) is 6.92 Å². The van der Waals surface area contributed by atoms with Crippen molar-refractivity contribution >= 4 is 11.6 Å². The third-order valence-electron chi connectivity index (χ3n) is 2.26. The second kappa shape index (κ2) is 6.58. The molecule has 0 aliphatic rings. The lowest BCUT2D eigenvalue weighted by Gasteiger charge is -2.10. The summed E-state index contributed by atoms with van der Waals surface area (Å²) >= 11 is 0. The zero-order valence-corrected chi connectivity index (χ0v) is 10.4. The smallest absolute Gasteiger partial charge is 0.311 e. The molecule has 0 aromatic heterocycles. The fraction of sp³-hybridized carbons (Fsp3) is 0.417. The number of para-hydroxylation sites is 1. The van der Waals surface area contributed by atoms with Crippen LogP contribution in [-0.2, 0) is 0 Å². The molecule has 1 rings (SSSR count). The first-order valence-corrected chi connectivity index (χ1v) is 5.80. The highest BCUT2D eigenvalue weighted by molar-refractivity contribution is 5.98. The first kappa shape index (κ1) is 14.0. The van der Waals surface area contributed by atoms with E-state index in [4.69, 9.17) is 4.74 Å². The zero-order chi connectivity index (χ0) is 13.5. The fourth-order valence-corrected chi connectivity index (χ4v) is 1.48. The van der Waals surface area contributed by atoms with Crippen molar-refractivity contribution < 1.29 is 14.5 Å². The minimum absolute atomic E-state index is 0.0265. The molecule has 0 aliphatic carbocycles. The molecule has 0 radical (unpaired) electrons. The van der Waals surface area contributed by atoms with Crippen molar-refractivity contribution in [3.05, 3.63) is 33.9 Å². The van der Waals surface area contributed by atoms with Gasteiger partial charge in [0, 0.05) is 12.6 Å². The zero-order valence-electron chi connectivity index (χ0n) is 10.4. The molecular weight excluding hydrogens is 236 g/mol. The Kier molecular flexibility index (Phi) is 5.10. The van der Waals surface area contributed by atoms with Crippen molar-refractivity contribution in [2.75, 3.05) is 13.2 Å². The summed E-state index contributed by atoms with van der Waals surface area (Å²) in [7, 11) is 0. The van der Waals surface area contributed by atoms with Gasteiger partial charge in [-0.2, -0.15) is 0 Å². The normalized spacial score (nSPS) is 9.89. The summed E-state index contributed by atoms with van der Waals surface area (Å²) in [5, 5.41) is 13.6. The summed E-state index contributed by atoms with van der Waals surface area (Å²) in [6.45, 7) is 4.42. The second-order valence-electron chi connectivity index (χ2n) is 3.60. The average Bonchev–Trinajstić information content (AvgIpc) is 2.36. The van der Waals surface area contributed by atoms with Crippen LogP contribution in [-0.4, -0.2) is 24.0 Å². The predicted molar refractivity (Wildman–Crippen MR) is 66.9 cm³/mol. The number of hydrogen-bond donors (Lipinski definition) is 1. The maximum Gasteiger partial charge on any atom is 0.311 e. The highest BCUT2D eigenvalue weighted by Gasteiger charge is 2.22. The number of nitro benzene ring substituents is 1. The number of benzene rings is 1. The van der Waals surface area contributed by atoms with E-state index in [1.165, 1.54) is 18.2 Å². The molecule has 1 amide bonds. The van der Waals surface area contributed by atoms with Gasteiger partial charge in [0.05, 0.1) is 17.1 Å². The van der Waals surface area contributed by atoms with Gasteiger partial charge in [-0.3, -0.25) is 14.9 Å². The first-order valence-electron chi connectivity index (χ1n) is 5.80. The molecule has 0 fully saturated rings. The number of nitrogens with zero attached hydrogens (tertiary/aromatic N) is 1. The summed E-state index contributed by atoms with van der Waals surface area (Å²) in [4.78, 5) is 22.2. The summed E-state index contributed by atoms with van der Waals surface area (Å²) in [6, 6.07) is 4.31. The van der Waals surface area contributed by atoms with Crippen LogP contribution in [0.2, 0.25) is 0 Å². The average molecular weight is 252 g/mol.